The maximum atomic E-state index is 14.0. The number of nitrogens with one attached hydrogen (secondary N) is 1. The molecule has 10 N–H and O–H groups in total. The van der Waals surface area contributed by atoms with Gasteiger partial charge < -0.3 is 60.6 Å². The van der Waals surface area contributed by atoms with Gasteiger partial charge in [0, 0.05) is 27.3 Å². The van der Waals surface area contributed by atoms with E-state index < -0.39 is 102 Å². The number of azide groups is 1. The number of ether oxygens (including phenoxy) is 4. The molecule has 5 heterocycles. The highest BCUT2D eigenvalue weighted by atomic mass is 33.1. The Hall–Kier alpha value is -4.94. The molecular weight excluding hydrogens is 975 g/mol. The van der Waals surface area contributed by atoms with Crippen LogP contribution >= 0.6 is 37.2 Å². The van der Waals surface area contributed by atoms with Gasteiger partial charge in [0.25, 0.3) is 0 Å². The van der Waals surface area contributed by atoms with Crippen LogP contribution < -0.4 is 22.5 Å². The van der Waals surface area contributed by atoms with Gasteiger partial charge in [-0.15, -0.1) is 0 Å². The number of carbonyl (C=O) groups is 2. The summed E-state index contributed by atoms with van der Waals surface area (Å²) in [5, 5.41) is 28.9. The van der Waals surface area contributed by atoms with Crippen molar-refractivity contribution in [1.82, 2.24) is 34.4 Å². The summed E-state index contributed by atoms with van der Waals surface area (Å²) in [5.74, 6) is -1.43. The molecule has 0 spiro atoms. The van der Waals surface area contributed by atoms with Crippen LogP contribution in [0, 0.1) is 0 Å². The monoisotopic (exact) mass is 1020 g/mol. The number of aliphatic hydroxyl groups is 2. The fourth-order valence-corrected chi connectivity index (χ4v) is 10.1. The maximum Gasteiger partial charge on any atom is 0.472 e. The molecule has 2 aliphatic rings. The number of hydrogen-bond acceptors (Lipinski definition) is 23. The number of nitrogen functional groups attached to an aromatic ring is 2. The first kappa shape index (κ1) is 51.5. The number of anilines is 2. The summed E-state index contributed by atoms with van der Waals surface area (Å²) < 4.78 is 64.7. The molecule has 1 amide bonds. The summed E-state index contributed by atoms with van der Waals surface area (Å²) in [4.78, 5) is 87.8. The second-order valence-corrected chi connectivity index (χ2v) is 21.2. The van der Waals surface area contributed by atoms with Gasteiger partial charge in [0.05, 0.1) is 19.5 Å². The zero-order chi connectivity index (χ0) is 48.8. The van der Waals surface area contributed by atoms with Crippen molar-refractivity contribution >= 4 is 77.8 Å². The standard InChI is InChI=1S/C34H44N12O17P2S2/c1-34(2,3)67-66-13-18(41-33(51)57-10-16-4-6-17(7-5-16)43-44-37)31(49)62-25-19(60-30(23(25)47)46-15-40-22-27(36)38-14-39-28(22)46)12-59-65(55,56)63-26-20(11-58-64(52,53)54)61-29(24(26)48)45-9-8-21(35)42-32(45)50/h4-9,14-15,18-20,23-26,29-30,47-48H,10-13H2,1-3H3,(H,41,51)(H,55,56)(H2,35,42,50)(H2,36,38,39)(H2,52,53,54)/t18-,19-,20-,23-,24-,25-,26-,29?,30-/m1/s1. The normalized spacial score (nSPS) is 24.4. The van der Waals surface area contributed by atoms with Crippen molar-refractivity contribution < 1.29 is 76.1 Å². The lowest BCUT2D eigenvalue weighted by Gasteiger charge is -2.26. The van der Waals surface area contributed by atoms with Crippen molar-refractivity contribution in [2.24, 2.45) is 5.11 Å². The molecular formula is C34H44N12O17P2S2. The van der Waals surface area contributed by atoms with Crippen LogP contribution in [0.4, 0.5) is 22.1 Å². The average molecular weight is 1020 g/mol. The zero-order valence-corrected chi connectivity index (χ0v) is 38.6. The second-order valence-electron chi connectivity index (χ2n) is 15.4. The van der Waals surface area contributed by atoms with Gasteiger partial charge in [0.1, 0.15) is 60.8 Å². The highest BCUT2D eigenvalue weighted by molar-refractivity contribution is 8.77. The van der Waals surface area contributed by atoms with Crippen LogP contribution in [0.1, 0.15) is 38.8 Å². The topological polar surface area (TPSA) is 425 Å². The molecule has 67 heavy (non-hydrogen) atoms. The molecule has 2 aliphatic heterocycles. The van der Waals surface area contributed by atoms with Gasteiger partial charge in [-0.25, -0.2) is 38.5 Å². The number of nitrogens with two attached hydrogens (primary N) is 2. The number of nitrogens with zero attached hydrogens (tertiary/aromatic N) is 9. The third-order valence-corrected chi connectivity index (χ3v) is 14.1. The van der Waals surface area contributed by atoms with Gasteiger partial charge in [-0.1, -0.05) is 71.7 Å². The molecule has 0 radical (unpaired) electrons. The summed E-state index contributed by atoms with van der Waals surface area (Å²) in [6.45, 7) is 3.46. The van der Waals surface area contributed by atoms with Crippen molar-refractivity contribution in [3.8, 4) is 0 Å². The summed E-state index contributed by atoms with van der Waals surface area (Å²) in [6, 6.07) is 5.85. The van der Waals surface area contributed by atoms with Crippen LogP contribution in [0.3, 0.4) is 0 Å². The zero-order valence-electron chi connectivity index (χ0n) is 35.2. The number of hydrogen-bond donors (Lipinski definition) is 8. The number of esters is 1. The average Bonchev–Trinajstić information content (AvgIpc) is 3.91. The third-order valence-electron chi connectivity index (χ3n) is 9.31. The molecule has 2 fully saturated rings. The van der Waals surface area contributed by atoms with Gasteiger partial charge in [0.2, 0.25) is 0 Å². The number of rotatable bonds is 19. The lowest BCUT2D eigenvalue weighted by atomic mass is 10.1. The van der Waals surface area contributed by atoms with E-state index in [-0.39, 0.29) is 39.9 Å². The highest BCUT2D eigenvalue weighted by Crippen LogP contribution is 2.50. The van der Waals surface area contributed by atoms with Crippen molar-refractivity contribution in [2.75, 3.05) is 30.4 Å². The molecule has 2 saturated heterocycles. The van der Waals surface area contributed by atoms with Crippen LogP contribution in [0.5, 0.6) is 0 Å². The third kappa shape index (κ3) is 13.6. The number of alkyl carbamates (subject to hydrolysis) is 1. The van der Waals surface area contributed by atoms with E-state index in [0.29, 0.717) is 11.3 Å². The summed E-state index contributed by atoms with van der Waals surface area (Å²) in [6.07, 6.45) is -11.8. The van der Waals surface area contributed by atoms with E-state index in [2.05, 4.69) is 39.8 Å². The summed E-state index contributed by atoms with van der Waals surface area (Å²) >= 11 is 0. The van der Waals surface area contributed by atoms with Gasteiger partial charge in [0.15, 0.2) is 30.0 Å². The van der Waals surface area contributed by atoms with E-state index in [1.165, 1.54) is 50.7 Å². The smallest absolute Gasteiger partial charge is 0.455 e. The van der Waals surface area contributed by atoms with Crippen molar-refractivity contribution in [3.05, 3.63) is 75.7 Å². The highest BCUT2D eigenvalue weighted by Gasteiger charge is 2.52. The minimum atomic E-state index is -5.46. The molecule has 10 atom stereocenters. The van der Waals surface area contributed by atoms with E-state index in [1.54, 1.807) is 12.1 Å². The minimum Gasteiger partial charge on any atom is -0.455 e. The summed E-state index contributed by atoms with van der Waals surface area (Å²) in [5.41, 5.74) is 20.1. The van der Waals surface area contributed by atoms with Crippen molar-refractivity contribution in [1.29, 1.82) is 0 Å². The lowest BCUT2D eigenvalue weighted by Crippen LogP contribution is -2.48. The number of amides is 1. The van der Waals surface area contributed by atoms with Crippen molar-refractivity contribution in [2.45, 2.75) is 87.2 Å². The Balaban J connectivity index is 1.22. The Morgan fingerprint density at radius 3 is 2.30 bits per heavy atom. The van der Waals surface area contributed by atoms with Crippen LogP contribution in [-0.4, -0.2) is 132 Å². The van der Waals surface area contributed by atoms with E-state index in [0.717, 1.165) is 17.1 Å². The first-order valence-electron chi connectivity index (χ1n) is 19.4. The number of aliphatic hydroxyl groups excluding tert-OH is 2. The summed E-state index contributed by atoms with van der Waals surface area (Å²) in [7, 11) is -8.07. The molecule has 3 aromatic heterocycles. The molecule has 6 rings (SSSR count). The first-order chi connectivity index (χ1) is 31.5. The quantitative estimate of drug-likeness (QED) is 0.0165. The van der Waals surface area contributed by atoms with E-state index in [9.17, 15) is 48.4 Å². The molecule has 0 aliphatic carbocycles. The number of aromatic nitrogens is 6. The van der Waals surface area contributed by atoms with E-state index >= 15 is 0 Å². The molecule has 4 aromatic rings. The van der Waals surface area contributed by atoms with Gasteiger partial charge in [-0.3, -0.25) is 22.7 Å². The molecule has 29 nitrogen and oxygen atoms in total. The lowest BCUT2D eigenvalue weighted by molar-refractivity contribution is -0.158. The fourth-order valence-electron chi connectivity index (χ4n) is 6.35. The van der Waals surface area contributed by atoms with Crippen molar-refractivity contribution in [3.63, 3.8) is 0 Å². The van der Waals surface area contributed by atoms with Gasteiger partial charge >= 0.3 is 33.4 Å². The number of benzene rings is 1. The maximum absolute atomic E-state index is 14.0. The molecule has 1 aromatic carbocycles. The van der Waals surface area contributed by atoms with Gasteiger partial charge in [-0.2, -0.15) is 4.98 Å². The number of phosphoric ester groups is 2. The fraction of sp³-hybridized carbons (Fsp3) is 0.500. The van der Waals surface area contributed by atoms with E-state index in [4.69, 9.17) is 45.0 Å². The minimum absolute atomic E-state index is 0.0311. The number of carbonyl (C=O) groups excluding carboxylic acids is 2. The number of imidazole rings is 1. The molecule has 0 saturated carbocycles. The number of phosphoric acid groups is 2. The van der Waals surface area contributed by atoms with Crippen LogP contribution in [0.25, 0.3) is 21.6 Å². The Labute approximate surface area is 385 Å². The number of fused-ring (bicyclic) bond motifs is 1. The molecule has 33 heteroatoms. The van der Waals surface area contributed by atoms with E-state index in [1.807, 2.05) is 20.8 Å². The van der Waals surface area contributed by atoms with Gasteiger partial charge in [-0.05, 0) is 17.2 Å². The SMILES string of the molecule is CC(C)(C)SSC[C@@H](NC(=O)OCc1ccc(N=[N+]=[N-])cc1)C(=O)O[C@H]1[C@@H](O)[C@H](n2cnc3c(N)ncnc32)O[C@@H]1COP(=O)(O)O[C@@H]1[C@@H](COP(=O)(O)O)OC(n2ccc(N)nc2=O)[C@@H]1O. The molecule has 364 valence electrons. The van der Waals surface area contributed by atoms with Crippen LogP contribution in [0.15, 0.2) is 59.1 Å². The Morgan fingerprint density at radius 2 is 1.64 bits per heavy atom. The Bertz CT molecular complexity index is 2610. The first-order valence-corrected chi connectivity index (χ1v) is 24.8. The Morgan fingerprint density at radius 1 is 0.985 bits per heavy atom. The predicted molar refractivity (Wildman–Crippen MR) is 233 cm³/mol. The molecule has 0 bridgehead atoms. The van der Waals surface area contributed by atoms with Crippen LogP contribution in [0.2, 0.25) is 0 Å². The second kappa shape index (κ2) is 21.6. The van der Waals surface area contributed by atoms with Crippen LogP contribution in [-0.2, 0) is 53.1 Å². The molecule has 2 unspecified atom stereocenters. The largest absolute Gasteiger partial charge is 0.472 e. The Kier molecular flexibility index (Phi) is 16.6. The predicted octanol–water partition coefficient (Wildman–Crippen LogP) is 1.70.